The van der Waals surface area contributed by atoms with Crippen LogP contribution in [0.2, 0.25) is 0 Å². The molecule has 4 aromatic rings. The number of aryl methyl sites for hydroxylation is 1. The molecule has 1 atom stereocenters. The number of imidazole rings is 1. The van der Waals surface area contributed by atoms with E-state index >= 15 is 0 Å². The van der Waals surface area contributed by atoms with Crippen LogP contribution in [0.15, 0.2) is 70.5 Å². The lowest BCUT2D eigenvalue weighted by molar-refractivity contribution is -0.122. The molecule has 1 amide bonds. The van der Waals surface area contributed by atoms with E-state index in [2.05, 4.69) is 15.3 Å². The molecule has 0 unspecified atom stereocenters. The molecule has 158 valence electrons. The summed E-state index contributed by atoms with van der Waals surface area (Å²) in [7, 11) is 3.09. The number of hydrogen-bond donors (Lipinski definition) is 2. The number of H-pyrrole nitrogens is 1. The topological polar surface area (TPSA) is 111 Å². The first kappa shape index (κ1) is 20.1. The summed E-state index contributed by atoms with van der Waals surface area (Å²) >= 11 is 0. The molecule has 9 nitrogen and oxygen atoms in total. The summed E-state index contributed by atoms with van der Waals surface area (Å²) < 4.78 is 7.98. The lowest BCUT2D eigenvalue weighted by Crippen LogP contribution is -2.33. The van der Waals surface area contributed by atoms with Crippen molar-refractivity contribution in [3.63, 3.8) is 0 Å². The molecule has 2 N–H and O–H groups in total. The fraction of sp³-hybridized carbons (Fsp3) is 0.182. The molecule has 0 fully saturated rings. The Labute approximate surface area is 176 Å². The first-order chi connectivity index (χ1) is 15.0. The quantitative estimate of drug-likeness (QED) is 0.490. The second-order valence-corrected chi connectivity index (χ2v) is 7.05. The molecule has 4 rings (SSSR count). The van der Waals surface area contributed by atoms with Crippen LogP contribution in [-0.4, -0.2) is 32.1 Å². The second-order valence-electron chi connectivity index (χ2n) is 7.05. The minimum absolute atomic E-state index is 0.134. The van der Waals surface area contributed by atoms with Gasteiger partial charge in [-0.1, -0.05) is 42.5 Å². The number of carbonyl (C=O) groups excluding carboxylic acids is 1. The number of benzene rings is 2. The van der Waals surface area contributed by atoms with E-state index in [1.807, 2.05) is 54.6 Å². The van der Waals surface area contributed by atoms with Gasteiger partial charge in [0.2, 0.25) is 5.91 Å². The van der Waals surface area contributed by atoms with Gasteiger partial charge in [-0.05, 0) is 23.3 Å². The molecule has 0 saturated heterocycles. The van der Waals surface area contributed by atoms with Gasteiger partial charge in [-0.3, -0.25) is 19.1 Å². The van der Waals surface area contributed by atoms with Crippen molar-refractivity contribution in [3.8, 4) is 5.75 Å². The first-order valence-corrected chi connectivity index (χ1v) is 9.60. The van der Waals surface area contributed by atoms with Crippen molar-refractivity contribution in [2.24, 2.45) is 7.05 Å². The minimum atomic E-state index is -0.587. The van der Waals surface area contributed by atoms with E-state index in [9.17, 15) is 14.4 Å². The van der Waals surface area contributed by atoms with Gasteiger partial charge in [0, 0.05) is 7.05 Å². The lowest BCUT2D eigenvalue weighted by Gasteiger charge is -2.20. The largest absolute Gasteiger partial charge is 0.497 e. The number of rotatable bonds is 6. The molecule has 0 saturated carbocycles. The highest BCUT2D eigenvalue weighted by molar-refractivity contribution is 5.79. The molecule has 2 heterocycles. The molecule has 2 aromatic heterocycles. The molecule has 31 heavy (non-hydrogen) atoms. The van der Waals surface area contributed by atoms with Gasteiger partial charge in [0.05, 0.1) is 19.5 Å². The van der Waals surface area contributed by atoms with E-state index in [1.165, 1.54) is 22.5 Å². The monoisotopic (exact) mass is 419 g/mol. The van der Waals surface area contributed by atoms with Gasteiger partial charge in [0.25, 0.3) is 5.56 Å². The third-order valence-corrected chi connectivity index (χ3v) is 5.06. The van der Waals surface area contributed by atoms with Crippen molar-refractivity contribution in [3.05, 3.63) is 92.9 Å². The Hall–Kier alpha value is -4.14. The Balaban J connectivity index is 1.66. The number of nitrogens with one attached hydrogen (secondary N) is 2. The predicted molar refractivity (Wildman–Crippen MR) is 115 cm³/mol. The van der Waals surface area contributed by atoms with Crippen LogP contribution in [0.1, 0.15) is 17.2 Å². The third kappa shape index (κ3) is 3.97. The van der Waals surface area contributed by atoms with Gasteiger partial charge in [-0.2, -0.15) is 0 Å². The van der Waals surface area contributed by atoms with Gasteiger partial charge < -0.3 is 14.6 Å². The maximum atomic E-state index is 13.0. The van der Waals surface area contributed by atoms with Crippen LogP contribution in [0.4, 0.5) is 0 Å². The van der Waals surface area contributed by atoms with Crippen LogP contribution in [0.3, 0.4) is 0 Å². The maximum Gasteiger partial charge on any atom is 0.329 e. The Morgan fingerprint density at radius 2 is 1.87 bits per heavy atom. The van der Waals surface area contributed by atoms with Crippen LogP contribution >= 0.6 is 0 Å². The molecule has 2 aromatic carbocycles. The summed E-state index contributed by atoms with van der Waals surface area (Å²) in [5.41, 5.74) is 0.989. The number of hydrogen-bond acceptors (Lipinski definition) is 5. The van der Waals surface area contributed by atoms with Gasteiger partial charge in [-0.25, -0.2) is 9.78 Å². The van der Waals surface area contributed by atoms with Gasteiger partial charge in [0.1, 0.15) is 12.3 Å². The molecule has 0 radical (unpaired) electrons. The van der Waals surface area contributed by atoms with E-state index in [0.717, 1.165) is 11.1 Å². The zero-order valence-corrected chi connectivity index (χ0v) is 17.0. The number of ether oxygens (including phenoxy) is 1. The number of carbonyl (C=O) groups is 1. The molecular formula is C22H21N5O4. The van der Waals surface area contributed by atoms with E-state index in [1.54, 1.807) is 7.11 Å². The maximum absolute atomic E-state index is 13.0. The summed E-state index contributed by atoms with van der Waals surface area (Å²) in [5, 5.41) is 3.03. The summed E-state index contributed by atoms with van der Waals surface area (Å²) in [4.78, 5) is 43.4. The molecule has 0 spiro atoms. The van der Waals surface area contributed by atoms with Crippen molar-refractivity contribution in [1.82, 2.24) is 24.4 Å². The molecule has 0 aliphatic carbocycles. The van der Waals surface area contributed by atoms with E-state index < -0.39 is 17.3 Å². The second kappa shape index (κ2) is 8.31. The summed E-state index contributed by atoms with van der Waals surface area (Å²) in [6.45, 7) is -0.134. The van der Waals surface area contributed by atoms with Crippen molar-refractivity contribution in [2.75, 3.05) is 7.11 Å². The Morgan fingerprint density at radius 1 is 1.13 bits per heavy atom. The molecule has 9 heteroatoms. The van der Waals surface area contributed by atoms with E-state index in [-0.39, 0.29) is 23.6 Å². The van der Waals surface area contributed by atoms with Crippen LogP contribution in [-0.2, 0) is 18.4 Å². The van der Waals surface area contributed by atoms with Gasteiger partial charge in [-0.15, -0.1) is 0 Å². The molecule has 0 bridgehead atoms. The third-order valence-electron chi connectivity index (χ3n) is 5.06. The number of fused-ring (bicyclic) bond motifs is 1. The minimum Gasteiger partial charge on any atom is -0.497 e. The Bertz CT molecular complexity index is 1350. The van der Waals surface area contributed by atoms with Crippen molar-refractivity contribution < 1.29 is 9.53 Å². The predicted octanol–water partition coefficient (Wildman–Crippen LogP) is 1.34. The lowest BCUT2D eigenvalue weighted by atomic mass is 9.98. The van der Waals surface area contributed by atoms with Crippen molar-refractivity contribution in [2.45, 2.75) is 12.6 Å². The number of aromatic nitrogens is 4. The average Bonchev–Trinajstić information content (AvgIpc) is 3.20. The summed E-state index contributed by atoms with van der Waals surface area (Å²) in [6, 6.07) is 16.6. The highest BCUT2D eigenvalue weighted by Gasteiger charge is 2.19. The molecular weight excluding hydrogens is 398 g/mol. The first-order valence-electron chi connectivity index (χ1n) is 9.60. The van der Waals surface area contributed by atoms with Crippen LogP contribution in [0.25, 0.3) is 11.2 Å². The van der Waals surface area contributed by atoms with Crippen LogP contribution < -0.4 is 21.3 Å². The van der Waals surface area contributed by atoms with Gasteiger partial charge >= 0.3 is 5.69 Å². The summed E-state index contributed by atoms with van der Waals surface area (Å²) in [6.07, 6.45) is 1.38. The van der Waals surface area contributed by atoms with Crippen molar-refractivity contribution in [1.29, 1.82) is 0 Å². The fourth-order valence-corrected chi connectivity index (χ4v) is 3.49. The molecule has 0 aliphatic rings. The van der Waals surface area contributed by atoms with Crippen LogP contribution in [0, 0.1) is 0 Å². The van der Waals surface area contributed by atoms with E-state index in [4.69, 9.17) is 4.74 Å². The van der Waals surface area contributed by atoms with Crippen molar-refractivity contribution >= 4 is 17.1 Å². The highest BCUT2D eigenvalue weighted by Crippen LogP contribution is 2.25. The zero-order chi connectivity index (χ0) is 22.0. The Morgan fingerprint density at radius 3 is 2.61 bits per heavy atom. The summed E-state index contributed by atoms with van der Waals surface area (Å²) in [5.74, 6) is 0.366. The standard InChI is InChI=1S/C22H21N5O4/c1-26-20-19(21(29)25-22(26)30)27(13-23-20)12-17(28)24-18(14-7-4-3-5-8-14)15-9-6-10-16(11-15)31-2/h3-11,13,18H,12H2,1-2H3,(H,24,28)(H,25,29,30)/t18-/m0/s1. The SMILES string of the molecule is COc1cccc([C@@H](NC(=O)Cn2cnc3c2c(=O)[nH]c(=O)n3C)c2ccccc2)c1. The zero-order valence-electron chi connectivity index (χ0n) is 17.0. The number of aromatic amines is 1. The highest BCUT2D eigenvalue weighted by atomic mass is 16.5. The number of amides is 1. The average molecular weight is 419 g/mol. The van der Waals surface area contributed by atoms with Gasteiger partial charge in [0.15, 0.2) is 11.2 Å². The Kier molecular flexibility index (Phi) is 5.40. The van der Waals surface area contributed by atoms with E-state index in [0.29, 0.717) is 5.75 Å². The smallest absolute Gasteiger partial charge is 0.329 e. The fourth-order valence-electron chi connectivity index (χ4n) is 3.49. The molecule has 0 aliphatic heterocycles. The van der Waals surface area contributed by atoms with Crippen LogP contribution in [0.5, 0.6) is 5.75 Å². The number of nitrogens with zero attached hydrogens (tertiary/aromatic N) is 3. The normalized spacial score (nSPS) is 11.9. The number of methoxy groups -OCH3 is 1.